The maximum Gasteiger partial charge on any atom is 0.0984 e. The van der Waals surface area contributed by atoms with E-state index in [9.17, 15) is 0 Å². The molecule has 0 fully saturated rings. The van der Waals surface area contributed by atoms with Gasteiger partial charge in [0.1, 0.15) is 0 Å². The Labute approximate surface area is 135 Å². The quantitative estimate of drug-likeness (QED) is 0.609. The van der Waals surface area contributed by atoms with Gasteiger partial charge in [0.2, 0.25) is 0 Å². The summed E-state index contributed by atoms with van der Waals surface area (Å²) in [4.78, 5) is 8.49. The number of pyridine rings is 1. The van der Waals surface area contributed by atoms with Crippen molar-refractivity contribution in [1.82, 2.24) is 20.2 Å². The zero-order chi connectivity index (χ0) is 14.9. The molecule has 0 aliphatic carbocycles. The fourth-order valence-corrected chi connectivity index (χ4v) is 3.29. The number of halogens is 1. The van der Waals surface area contributed by atoms with Crippen LogP contribution in [0.2, 0.25) is 5.02 Å². The van der Waals surface area contributed by atoms with Gasteiger partial charge in [0.25, 0.3) is 0 Å². The van der Waals surface area contributed by atoms with E-state index >= 15 is 0 Å². The SMILES string of the molecule is Clc1ccncc1-c1ccc2n[nH]c(Cc3nccs3)c2c1. The molecule has 0 atom stereocenters. The Balaban J connectivity index is 1.81. The molecule has 4 aromatic rings. The molecule has 0 radical (unpaired) electrons. The summed E-state index contributed by atoms with van der Waals surface area (Å²) in [5, 5.41) is 12.3. The van der Waals surface area contributed by atoms with Gasteiger partial charge in [-0.05, 0) is 23.8 Å². The van der Waals surface area contributed by atoms with E-state index < -0.39 is 0 Å². The van der Waals surface area contributed by atoms with E-state index in [1.165, 1.54) is 0 Å². The van der Waals surface area contributed by atoms with Gasteiger partial charge >= 0.3 is 0 Å². The van der Waals surface area contributed by atoms with Crippen LogP contribution in [-0.2, 0) is 6.42 Å². The molecule has 0 amide bonds. The highest BCUT2D eigenvalue weighted by molar-refractivity contribution is 7.09. The van der Waals surface area contributed by atoms with Gasteiger partial charge in [0.15, 0.2) is 0 Å². The average molecular weight is 327 g/mol. The second-order valence-electron chi connectivity index (χ2n) is 4.89. The van der Waals surface area contributed by atoms with Crippen LogP contribution in [0.4, 0.5) is 0 Å². The predicted octanol–water partition coefficient (Wildman–Crippen LogP) is 4.33. The number of benzene rings is 1. The fraction of sp³-hybridized carbons (Fsp3) is 0.0625. The first kappa shape index (κ1) is 13.4. The van der Waals surface area contributed by atoms with E-state index in [0.29, 0.717) is 5.02 Å². The number of aromatic amines is 1. The summed E-state index contributed by atoms with van der Waals surface area (Å²) < 4.78 is 0. The first-order valence-electron chi connectivity index (χ1n) is 6.76. The van der Waals surface area contributed by atoms with Gasteiger partial charge < -0.3 is 0 Å². The summed E-state index contributed by atoms with van der Waals surface area (Å²) in [6, 6.07) is 7.91. The number of aromatic nitrogens is 4. The van der Waals surface area contributed by atoms with Crippen LogP contribution < -0.4 is 0 Å². The number of rotatable bonds is 3. The van der Waals surface area contributed by atoms with Crippen LogP contribution in [-0.4, -0.2) is 20.2 Å². The summed E-state index contributed by atoms with van der Waals surface area (Å²) in [5.41, 5.74) is 3.96. The zero-order valence-electron chi connectivity index (χ0n) is 11.5. The minimum Gasteiger partial charge on any atom is -0.281 e. The molecule has 6 heteroatoms. The zero-order valence-corrected chi connectivity index (χ0v) is 13.0. The number of hydrogen-bond donors (Lipinski definition) is 1. The van der Waals surface area contributed by atoms with E-state index in [-0.39, 0.29) is 0 Å². The molecule has 0 spiro atoms. The topological polar surface area (TPSA) is 54.5 Å². The van der Waals surface area contributed by atoms with Crippen LogP contribution in [0.5, 0.6) is 0 Å². The van der Waals surface area contributed by atoms with Crippen molar-refractivity contribution in [2.24, 2.45) is 0 Å². The molecule has 1 aromatic carbocycles. The molecule has 0 unspecified atom stereocenters. The van der Waals surface area contributed by atoms with Crippen molar-refractivity contribution in [2.45, 2.75) is 6.42 Å². The molecule has 0 aliphatic heterocycles. The molecule has 3 aromatic heterocycles. The van der Waals surface area contributed by atoms with Gasteiger partial charge in [0.05, 0.1) is 15.5 Å². The number of thiazole rings is 1. The predicted molar refractivity (Wildman–Crippen MR) is 89.3 cm³/mol. The highest BCUT2D eigenvalue weighted by Gasteiger charge is 2.10. The van der Waals surface area contributed by atoms with Gasteiger partial charge in [0, 0.05) is 47.0 Å². The molecule has 3 heterocycles. The molecule has 0 saturated carbocycles. The molecule has 4 rings (SSSR count). The molecule has 22 heavy (non-hydrogen) atoms. The maximum absolute atomic E-state index is 6.27. The van der Waals surface area contributed by atoms with E-state index in [0.717, 1.165) is 39.2 Å². The molecule has 4 nitrogen and oxygen atoms in total. The Hall–Kier alpha value is -2.24. The summed E-state index contributed by atoms with van der Waals surface area (Å²) in [5.74, 6) is 0. The van der Waals surface area contributed by atoms with Gasteiger partial charge in [-0.3, -0.25) is 10.1 Å². The standard InChI is InChI=1S/C16H11ClN4S/c17-13-3-4-18-9-12(13)10-1-2-14-11(7-10)15(21-20-14)8-16-19-5-6-22-16/h1-7,9H,8H2,(H,20,21). The van der Waals surface area contributed by atoms with Gasteiger partial charge in [-0.25, -0.2) is 4.98 Å². The molecule has 0 aliphatic rings. The number of nitrogens with zero attached hydrogens (tertiary/aromatic N) is 3. The van der Waals surface area contributed by atoms with Crippen molar-refractivity contribution in [3.63, 3.8) is 0 Å². The van der Waals surface area contributed by atoms with Gasteiger partial charge in [-0.2, -0.15) is 5.10 Å². The second-order valence-corrected chi connectivity index (χ2v) is 6.28. The highest BCUT2D eigenvalue weighted by Crippen LogP contribution is 2.30. The van der Waals surface area contributed by atoms with Gasteiger partial charge in [-0.1, -0.05) is 17.7 Å². The number of nitrogens with one attached hydrogen (secondary N) is 1. The first-order chi connectivity index (χ1) is 10.8. The minimum absolute atomic E-state index is 0.694. The number of H-pyrrole nitrogens is 1. The normalized spacial score (nSPS) is 11.1. The lowest BCUT2D eigenvalue weighted by Gasteiger charge is -2.04. The van der Waals surface area contributed by atoms with Crippen molar-refractivity contribution in [3.05, 3.63) is 64.0 Å². The van der Waals surface area contributed by atoms with Crippen molar-refractivity contribution in [3.8, 4) is 11.1 Å². The molecule has 1 N–H and O–H groups in total. The molecular weight excluding hydrogens is 316 g/mol. The first-order valence-corrected chi connectivity index (χ1v) is 8.02. The lowest BCUT2D eigenvalue weighted by Crippen LogP contribution is -1.88. The third kappa shape index (κ3) is 2.38. The third-order valence-electron chi connectivity index (χ3n) is 3.52. The summed E-state index contributed by atoms with van der Waals surface area (Å²) in [6.45, 7) is 0. The van der Waals surface area contributed by atoms with Crippen LogP contribution in [0.15, 0.2) is 48.2 Å². The molecule has 0 bridgehead atoms. The molecule has 108 valence electrons. The van der Waals surface area contributed by atoms with Crippen molar-refractivity contribution >= 4 is 33.8 Å². The summed E-state index contributed by atoms with van der Waals surface area (Å²) >= 11 is 7.91. The van der Waals surface area contributed by atoms with Crippen LogP contribution in [0, 0.1) is 0 Å². The van der Waals surface area contributed by atoms with E-state index in [2.05, 4.69) is 26.2 Å². The Morgan fingerprint density at radius 2 is 2.14 bits per heavy atom. The van der Waals surface area contributed by atoms with E-state index in [4.69, 9.17) is 11.6 Å². The maximum atomic E-state index is 6.27. The molecular formula is C16H11ClN4S. The van der Waals surface area contributed by atoms with E-state index in [1.807, 2.05) is 23.7 Å². The number of hydrogen-bond acceptors (Lipinski definition) is 4. The van der Waals surface area contributed by atoms with Gasteiger partial charge in [-0.15, -0.1) is 11.3 Å². The smallest absolute Gasteiger partial charge is 0.0984 e. The Morgan fingerprint density at radius 3 is 2.95 bits per heavy atom. The molecule has 0 saturated heterocycles. The number of fused-ring (bicyclic) bond motifs is 1. The monoisotopic (exact) mass is 326 g/mol. The van der Waals surface area contributed by atoms with E-state index in [1.54, 1.807) is 29.8 Å². The highest BCUT2D eigenvalue weighted by atomic mass is 35.5. The van der Waals surface area contributed by atoms with Crippen LogP contribution in [0.25, 0.3) is 22.0 Å². The van der Waals surface area contributed by atoms with Crippen molar-refractivity contribution < 1.29 is 0 Å². The lowest BCUT2D eigenvalue weighted by atomic mass is 10.0. The average Bonchev–Trinajstić information content (AvgIpc) is 3.18. The fourth-order valence-electron chi connectivity index (χ4n) is 2.45. The Bertz CT molecular complexity index is 930. The Kier molecular flexibility index (Phi) is 3.36. The Morgan fingerprint density at radius 1 is 1.18 bits per heavy atom. The third-order valence-corrected chi connectivity index (χ3v) is 4.63. The van der Waals surface area contributed by atoms with Crippen LogP contribution >= 0.6 is 22.9 Å². The van der Waals surface area contributed by atoms with Crippen LogP contribution in [0.3, 0.4) is 0 Å². The largest absolute Gasteiger partial charge is 0.281 e. The van der Waals surface area contributed by atoms with Crippen molar-refractivity contribution in [1.29, 1.82) is 0 Å². The lowest BCUT2D eigenvalue weighted by molar-refractivity contribution is 1.00. The second kappa shape index (κ2) is 5.51. The van der Waals surface area contributed by atoms with Crippen LogP contribution in [0.1, 0.15) is 10.7 Å². The van der Waals surface area contributed by atoms with Crippen molar-refractivity contribution in [2.75, 3.05) is 0 Å². The minimum atomic E-state index is 0.694. The summed E-state index contributed by atoms with van der Waals surface area (Å²) in [6.07, 6.45) is 6.04. The summed E-state index contributed by atoms with van der Waals surface area (Å²) in [7, 11) is 0.